The quantitative estimate of drug-likeness (QED) is 0.0723. The van der Waals surface area contributed by atoms with Gasteiger partial charge in [-0.2, -0.15) is 0 Å². The highest BCUT2D eigenvalue weighted by Gasteiger charge is 2.40. The van der Waals surface area contributed by atoms with Gasteiger partial charge >= 0.3 is 0 Å². The van der Waals surface area contributed by atoms with E-state index in [1.54, 1.807) is 86.6 Å². The van der Waals surface area contributed by atoms with Crippen molar-refractivity contribution in [1.82, 2.24) is 27.0 Å². The molecule has 0 radical (unpaired) electrons. The molecule has 3 aromatic carbocycles. The van der Waals surface area contributed by atoms with Gasteiger partial charge in [0.1, 0.15) is 0 Å². The number of benzene rings is 3. The van der Waals surface area contributed by atoms with Gasteiger partial charge in [0.15, 0.2) is 30.5 Å². The molecule has 58 heavy (non-hydrogen) atoms. The van der Waals surface area contributed by atoms with E-state index in [-0.39, 0.29) is 36.3 Å². The standard InChI is InChI=1S/C40H48N6O12/c1-23(2)20-30(34(41)47)55-44-37(50)32(22-27-16-10-7-11-17-27)56-42-35(48)25(5)54-43-36(49)31(21-26-14-8-6-9-15-26)57-45-38(51)33(24(3)4)58-46-39(52)28-18-12-13-19-29(28)40(46)53/h6-19,23-25,30-33H,20-22H2,1-5H3,(H2,41,47)(H,42,48)(H,43,49)(H,44,50)(H,45,51)/t25-,30-,31-,32-,33-/m1/s1. The number of fused-ring (bicyclic) bond motifs is 1. The van der Waals surface area contributed by atoms with Crippen LogP contribution in [0.1, 0.15) is 72.9 Å². The van der Waals surface area contributed by atoms with Crippen molar-refractivity contribution in [2.45, 2.75) is 84.4 Å². The zero-order valence-corrected chi connectivity index (χ0v) is 32.7. The minimum atomic E-state index is -1.43. The Morgan fingerprint density at radius 2 is 0.983 bits per heavy atom. The molecule has 18 nitrogen and oxygen atoms in total. The number of rotatable bonds is 22. The highest BCUT2D eigenvalue weighted by Crippen LogP contribution is 2.25. The average molecular weight is 805 g/mol. The summed E-state index contributed by atoms with van der Waals surface area (Å²) in [6.45, 7) is 8.23. The van der Waals surface area contributed by atoms with Crippen LogP contribution in [-0.4, -0.2) is 76.9 Å². The first-order chi connectivity index (χ1) is 27.7. The van der Waals surface area contributed by atoms with E-state index in [2.05, 4.69) is 21.9 Å². The Labute approximate surface area is 334 Å². The summed E-state index contributed by atoms with van der Waals surface area (Å²) in [5, 5.41) is 0.518. The lowest BCUT2D eigenvalue weighted by Crippen LogP contribution is -2.50. The summed E-state index contributed by atoms with van der Waals surface area (Å²) in [5.74, 6) is -6.31. The maximum absolute atomic E-state index is 13.4. The Morgan fingerprint density at radius 3 is 1.43 bits per heavy atom. The number of nitrogens with two attached hydrogens (primary N) is 1. The summed E-state index contributed by atoms with van der Waals surface area (Å²) in [6.07, 6.45) is -6.51. The number of imide groups is 1. The van der Waals surface area contributed by atoms with Crippen LogP contribution in [0.4, 0.5) is 0 Å². The van der Waals surface area contributed by atoms with Crippen molar-refractivity contribution in [2.24, 2.45) is 17.6 Å². The molecule has 0 unspecified atom stereocenters. The van der Waals surface area contributed by atoms with Gasteiger partial charge in [0, 0.05) is 12.8 Å². The van der Waals surface area contributed by atoms with Gasteiger partial charge in [-0.05, 0) is 48.4 Å². The fraction of sp³-hybridized carbons (Fsp3) is 0.375. The molecule has 0 aliphatic carbocycles. The zero-order valence-electron chi connectivity index (χ0n) is 32.7. The third-order valence-electron chi connectivity index (χ3n) is 8.57. The summed E-state index contributed by atoms with van der Waals surface area (Å²) in [4.78, 5) is 118. The maximum atomic E-state index is 13.4. The molecule has 0 bridgehead atoms. The predicted octanol–water partition coefficient (Wildman–Crippen LogP) is 1.94. The number of amides is 7. The number of nitrogens with zero attached hydrogens (tertiary/aromatic N) is 1. The lowest BCUT2D eigenvalue weighted by Gasteiger charge is -2.25. The van der Waals surface area contributed by atoms with E-state index in [1.807, 2.05) is 13.8 Å². The molecule has 7 amide bonds. The van der Waals surface area contributed by atoms with Crippen molar-refractivity contribution < 1.29 is 57.7 Å². The number of primary amides is 1. The van der Waals surface area contributed by atoms with E-state index in [0.29, 0.717) is 16.2 Å². The van der Waals surface area contributed by atoms with Gasteiger partial charge in [0.2, 0.25) is 5.91 Å². The molecule has 0 spiro atoms. The number of carbonyl (C=O) groups excluding carboxylic acids is 7. The van der Waals surface area contributed by atoms with Crippen LogP contribution < -0.4 is 27.7 Å². The summed E-state index contributed by atoms with van der Waals surface area (Å²) >= 11 is 0. The topological polar surface area (TPSA) is 243 Å². The summed E-state index contributed by atoms with van der Waals surface area (Å²) in [7, 11) is 0. The molecule has 3 aromatic rings. The molecule has 1 aliphatic heterocycles. The minimum absolute atomic E-state index is 0.0149. The van der Waals surface area contributed by atoms with Crippen LogP contribution >= 0.6 is 0 Å². The fourth-order valence-electron chi connectivity index (χ4n) is 5.39. The monoisotopic (exact) mass is 804 g/mol. The van der Waals surface area contributed by atoms with Crippen molar-refractivity contribution in [3.63, 3.8) is 0 Å². The van der Waals surface area contributed by atoms with Crippen LogP contribution in [0, 0.1) is 11.8 Å². The van der Waals surface area contributed by atoms with Gasteiger partial charge in [-0.25, -0.2) is 26.8 Å². The largest absolute Gasteiger partial charge is 0.367 e. The Morgan fingerprint density at radius 1 is 0.569 bits per heavy atom. The summed E-state index contributed by atoms with van der Waals surface area (Å²) < 4.78 is 0. The van der Waals surface area contributed by atoms with E-state index < -0.39 is 77.8 Å². The van der Waals surface area contributed by atoms with Gasteiger partial charge in [-0.15, -0.1) is 5.06 Å². The molecular weight excluding hydrogens is 756 g/mol. The molecule has 310 valence electrons. The molecule has 4 rings (SSSR count). The Kier molecular flexibility index (Phi) is 16.5. The second-order valence-corrected chi connectivity index (χ2v) is 14.1. The van der Waals surface area contributed by atoms with E-state index >= 15 is 0 Å². The number of nitrogens with one attached hydrogen (secondary N) is 4. The first-order valence-electron chi connectivity index (χ1n) is 18.5. The van der Waals surface area contributed by atoms with Crippen molar-refractivity contribution in [2.75, 3.05) is 0 Å². The smallest absolute Gasteiger partial charge is 0.285 e. The Balaban J connectivity index is 1.36. The number of carbonyl (C=O) groups is 7. The molecule has 1 heterocycles. The highest BCUT2D eigenvalue weighted by atomic mass is 16.7. The molecule has 6 N–H and O–H groups in total. The minimum Gasteiger partial charge on any atom is -0.367 e. The number of hydroxylamine groups is 6. The highest BCUT2D eigenvalue weighted by molar-refractivity contribution is 6.20. The van der Waals surface area contributed by atoms with Crippen molar-refractivity contribution in [3.05, 3.63) is 107 Å². The SMILES string of the molecule is CC(C)C[C@@H](ONC(=O)[C@@H](Cc1ccccc1)ONC(=O)[C@@H](C)ONC(=O)[C@@H](Cc1ccccc1)ONC(=O)[C@H](ON1C(=O)c2ccccc2C1=O)C(C)C)C(N)=O. The zero-order chi connectivity index (χ0) is 42.4. The van der Waals surface area contributed by atoms with E-state index in [9.17, 15) is 33.6 Å². The van der Waals surface area contributed by atoms with Crippen molar-refractivity contribution in [3.8, 4) is 0 Å². The number of hydrogen-bond donors (Lipinski definition) is 5. The second kappa shape index (κ2) is 21.5. The number of hydrogen-bond acceptors (Lipinski definition) is 12. The van der Waals surface area contributed by atoms with Gasteiger partial charge in [-0.3, -0.25) is 52.9 Å². The van der Waals surface area contributed by atoms with Crippen LogP contribution in [0.5, 0.6) is 0 Å². The molecule has 1 aliphatic rings. The lowest BCUT2D eigenvalue weighted by molar-refractivity contribution is -0.182. The fourth-order valence-corrected chi connectivity index (χ4v) is 5.39. The van der Waals surface area contributed by atoms with E-state index in [1.165, 1.54) is 19.1 Å². The third kappa shape index (κ3) is 12.7. The molecule has 0 saturated carbocycles. The molecule has 0 saturated heterocycles. The van der Waals surface area contributed by atoms with Gasteiger partial charge in [0.05, 0.1) is 11.1 Å². The summed E-state index contributed by atoms with van der Waals surface area (Å²) in [5.41, 5.74) is 15.6. The second-order valence-electron chi connectivity index (χ2n) is 14.1. The first-order valence-corrected chi connectivity index (χ1v) is 18.5. The van der Waals surface area contributed by atoms with Crippen molar-refractivity contribution in [1.29, 1.82) is 0 Å². The molecular formula is C40H48N6O12. The van der Waals surface area contributed by atoms with Crippen LogP contribution in [0.2, 0.25) is 0 Å². The van der Waals surface area contributed by atoms with E-state index in [0.717, 1.165) is 0 Å². The normalized spacial score (nSPS) is 14.9. The van der Waals surface area contributed by atoms with Gasteiger partial charge < -0.3 is 5.73 Å². The molecule has 5 atom stereocenters. The van der Waals surface area contributed by atoms with Gasteiger partial charge in [0.25, 0.3) is 35.4 Å². The van der Waals surface area contributed by atoms with Crippen LogP contribution in [-0.2, 0) is 61.0 Å². The van der Waals surface area contributed by atoms with Crippen LogP contribution in [0.25, 0.3) is 0 Å². The molecule has 0 fully saturated rings. The average Bonchev–Trinajstić information content (AvgIpc) is 3.45. The van der Waals surface area contributed by atoms with E-state index in [4.69, 9.17) is 29.9 Å². The maximum Gasteiger partial charge on any atom is 0.285 e. The van der Waals surface area contributed by atoms with Gasteiger partial charge in [-0.1, -0.05) is 100 Å². The van der Waals surface area contributed by atoms with Crippen LogP contribution in [0.3, 0.4) is 0 Å². The lowest BCUT2D eigenvalue weighted by atomic mass is 10.1. The third-order valence-corrected chi connectivity index (χ3v) is 8.57. The van der Waals surface area contributed by atoms with Crippen LogP contribution in [0.15, 0.2) is 84.9 Å². The Bertz CT molecular complexity index is 1880. The first kappa shape index (κ1) is 44.7. The molecule has 0 aromatic heterocycles. The predicted molar refractivity (Wildman–Crippen MR) is 203 cm³/mol. The molecule has 18 heteroatoms. The summed E-state index contributed by atoms with van der Waals surface area (Å²) in [6, 6.07) is 23.5. The Hall–Kier alpha value is -6.05. The van der Waals surface area contributed by atoms with Crippen molar-refractivity contribution >= 4 is 41.4 Å².